The highest BCUT2D eigenvalue weighted by Gasteiger charge is 2.82. The van der Waals surface area contributed by atoms with E-state index >= 15 is 0 Å². The lowest BCUT2D eigenvalue weighted by Crippen LogP contribution is -2.81. The Morgan fingerprint density at radius 1 is 1.02 bits per heavy atom. The number of thioether (sulfide) groups is 1. The van der Waals surface area contributed by atoms with Crippen LogP contribution in [0.4, 0.5) is 4.79 Å². The van der Waals surface area contributed by atoms with Gasteiger partial charge in [-0.3, -0.25) is 9.59 Å². The Bertz CT molecular complexity index is 2220. The Balaban J connectivity index is 1.24. The number of carboxylic acids is 1. The Hall–Kier alpha value is -5.70. The van der Waals surface area contributed by atoms with E-state index in [0.717, 1.165) is 16.7 Å². The van der Waals surface area contributed by atoms with Crippen LogP contribution in [0.15, 0.2) is 65.8 Å². The van der Waals surface area contributed by atoms with Gasteiger partial charge in [-0.2, -0.15) is 4.48 Å². The molecule has 4 fully saturated rings. The maximum absolute atomic E-state index is 14.3. The van der Waals surface area contributed by atoms with E-state index < -0.39 is 126 Å². The number of nitrogens with one attached hydrogen (secondary N) is 2. The van der Waals surface area contributed by atoms with E-state index in [9.17, 15) is 52.6 Å². The van der Waals surface area contributed by atoms with Crippen molar-refractivity contribution in [2.75, 3.05) is 19.9 Å². The third-order valence-electron chi connectivity index (χ3n) is 11.0. The molecule has 4 saturated heterocycles. The molecule has 2 aromatic rings. The lowest BCUT2D eigenvalue weighted by molar-refractivity contribution is -0.918. The van der Waals surface area contributed by atoms with E-state index in [4.69, 9.17) is 14.2 Å². The molecule has 4 amide bonds. The van der Waals surface area contributed by atoms with Crippen molar-refractivity contribution in [2.45, 2.75) is 84.6 Å². The van der Waals surface area contributed by atoms with Gasteiger partial charge in [0.1, 0.15) is 48.4 Å². The number of carbonyl (C=O) groups excluding carboxylic acids is 6. The number of carbonyl (C=O) groups is 7. The zero-order valence-corrected chi connectivity index (χ0v) is 33.2. The number of hydrogen-bond acceptors (Lipinski definition) is 14. The number of ether oxygens (including phenoxy) is 3. The van der Waals surface area contributed by atoms with Gasteiger partial charge in [0.05, 0.1) is 0 Å². The molecule has 22 heteroatoms. The molecule has 0 radical (unpaired) electrons. The van der Waals surface area contributed by atoms with E-state index in [1.54, 1.807) is 62.4 Å². The van der Waals surface area contributed by atoms with Crippen LogP contribution in [0.1, 0.15) is 51.3 Å². The molecule has 2 aromatic carbocycles. The van der Waals surface area contributed by atoms with E-state index in [-0.39, 0.29) is 12.2 Å². The minimum Gasteiger partial charge on any atom is -0.480 e. The zero-order valence-electron chi connectivity index (χ0n) is 31.6. The number of amides is 4. The maximum Gasteiger partial charge on any atom is 0.407 e. The van der Waals surface area contributed by atoms with Crippen LogP contribution < -0.4 is 10.6 Å². The standard InChI is InChI=1S/C36H39N7O13S2/c1-34(2)26(29(47)48)42-31(50)36(32(42)57-34,39-28(46)25(40-41-37)21-13-9-6-10-14-21)18-55-30(49)27-35(3,4)58(52,53)23-15-22(44)43(23,27)19-56-24(45)16-38-33(51)54-17-20-11-7-5-8-12-20/h5-14,23,25-27,32H,15-19H2,1-4H3,(H2-,38,39,46,47,48,51)/p+1/t23-,25?,26+,27+,32-,36?,43?/m1/s1. The van der Waals surface area contributed by atoms with Crippen LogP contribution in [0.2, 0.25) is 0 Å². The Labute approximate surface area is 335 Å². The number of carboxylic acid groups (broad SMARTS) is 1. The molecule has 0 spiro atoms. The summed E-state index contributed by atoms with van der Waals surface area (Å²) in [6.07, 6.45) is -1.47. The normalized spacial score (nSPS) is 28.5. The number of β-lactam (4-membered cyclic amide) rings is 2. The van der Waals surface area contributed by atoms with Crippen LogP contribution in [-0.4, -0.2) is 122 Å². The van der Waals surface area contributed by atoms with Crippen molar-refractivity contribution >= 4 is 63.3 Å². The topological polar surface area (TPSA) is 278 Å². The van der Waals surface area contributed by atoms with E-state index in [2.05, 4.69) is 20.7 Å². The molecule has 0 saturated carbocycles. The lowest BCUT2D eigenvalue weighted by atomic mass is 9.84. The van der Waals surface area contributed by atoms with Gasteiger partial charge < -0.3 is 34.9 Å². The van der Waals surface area contributed by atoms with Gasteiger partial charge in [-0.15, -0.1) is 11.8 Å². The quantitative estimate of drug-likeness (QED) is 0.0464. The molecule has 0 aliphatic carbocycles. The smallest absolute Gasteiger partial charge is 0.407 e. The number of esters is 2. The fourth-order valence-electron chi connectivity index (χ4n) is 8.03. The molecular formula is C36H40N7O13S2+. The summed E-state index contributed by atoms with van der Waals surface area (Å²) in [5.74, 6) is -6.41. The van der Waals surface area contributed by atoms with Crippen molar-refractivity contribution in [1.82, 2.24) is 15.5 Å². The fourth-order valence-corrected chi connectivity index (χ4v) is 12.2. The summed E-state index contributed by atoms with van der Waals surface area (Å²) in [5, 5.41) is 15.8. The fraction of sp³-hybridized carbons (Fsp3) is 0.472. The number of quaternary nitrogens is 1. The summed E-state index contributed by atoms with van der Waals surface area (Å²) in [7, 11) is -4.32. The first kappa shape index (κ1) is 41.9. The third kappa shape index (κ3) is 6.78. The zero-order chi connectivity index (χ0) is 42.4. The Morgan fingerprint density at radius 2 is 1.66 bits per heavy atom. The molecule has 308 valence electrons. The van der Waals surface area contributed by atoms with Crippen molar-refractivity contribution in [1.29, 1.82) is 0 Å². The first-order chi connectivity index (χ1) is 27.3. The molecule has 0 bridgehead atoms. The number of hydrogen-bond donors (Lipinski definition) is 3. The monoisotopic (exact) mass is 842 g/mol. The van der Waals surface area contributed by atoms with Gasteiger partial charge in [-0.1, -0.05) is 65.8 Å². The van der Waals surface area contributed by atoms with Gasteiger partial charge in [0.25, 0.3) is 5.91 Å². The Morgan fingerprint density at radius 3 is 2.26 bits per heavy atom. The highest BCUT2D eigenvalue weighted by atomic mass is 32.2. The summed E-state index contributed by atoms with van der Waals surface area (Å²) in [5.41, 5.74) is 8.08. The van der Waals surface area contributed by atoms with Crippen molar-refractivity contribution in [3.05, 3.63) is 82.2 Å². The minimum absolute atomic E-state index is 0.0953. The number of alkyl carbamates (subject to hydrolysis) is 1. The number of aliphatic carboxylic acids is 1. The number of sulfone groups is 1. The molecule has 20 nitrogen and oxygen atoms in total. The molecular weight excluding hydrogens is 803 g/mol. The van der Waals surface area contributed by atoms with Crippen molar-refractivity contribution in [3.63, 3.8) is 0 Å². The summed E-state index contributed by atoms with van der Waals surface area (Å²) < 4.78 is 39.5. The van der Waals surface area contributed by atoms with Crippen LogP contribution in [0.25, 0.3) is 10.4 Å². The summed E-state index contributed by atoms with van der Waals surface area (Å²) in [6.45, 7) is 2.85. The van der Waals surface area contributed by atoms with Crippen LogP contribution in [0.5, 0.6) is 0 Å². The second kappa shape index (κ2) is 15.2. The first-order valence-corrected chi connectivity index (χ1v) is 20.2. The van der Waals surface area contributed by atoms with E-state index in [1.807, 2.05) is 0 Å². The number of rotatable bonds is 14. The van der Waals surface area contributed by atoms with Gasteiger partial charge in [0, 0.05) is 9.66 Å². The largest absolute Gasteiger partial charge is 0.480 e. The second-order valence-electron chi connectivity index (χ2n) is 15.2. The maximum atomic E-state index is 14.3. The second-order valence-corrected chi connectivity index (χ2v) is 19.6. The van der Waals surface area contributed by atoms with Gasteiger partial charge in [0.15, 0.2) is 5.54 Å². The van der Waals surface area contributed by atoms with Crippen LogP contribution >= 0.6 is 11.8 Å². The minimum atomic E-state index is -4.32. The first-order valence-electron chi connectivity index (χ1n) is 17.8. The predicted molar refractivity (Wildman–Crippen MR) is 200 cm³/mol. The van der Waals surface area contributed by atoms with Crippen LogP contribution in [0, 0.1) is 0 Å². The van der Waals surface area contributed by atoms with Gasteiger partial charge >= 0.3 is 29.9 Å². The average molecular weight is 843 g/mol. The highest BCUT2D eigenvalue weighted by Crippen LogP contribution is 2.56. The Kier molecular flexibility index (Phi) is 11.0. The summed E-state index contributed by atoms with van der Waals surface area (Å²) in [6, 6.07) is 11.8. The van der Waals surface area contributed by atoms with Crippen molar-refractivity contribution in [2.24, 2.45) is 5.11 Å². The van der Waals surface area contributed by atoms with E-state index in [1.165, 1.54) is 26.0 Å². The molecule has 0 aromatic heterocycles. The SMILES string of the molecule is CC1(C)S[C@H]2N(C(=O)C2(COC(=O)[C@H]2C(C)(C)S(=O)(=O)[C@@H]3CC(=O)[N+]32COC(=O)CNC(=O)OCc2ccccc2)NC(=O)C(N=[N+]=[N-])c2ccccc2)[C@H]1C(=O)O. The number of azide groups is 1. The van der Waals surface area contributed by atoms with Gasteiger partial charge in [0.2, 0.25) is 33.9 Å². The van der Waals surface area contributed by atoms with Crippen molar-refractivity contribution in [3.8, 4) is 0 Å². The lowest BCUT2D eigenvalue weighted by Gasteiger charge is -2.53. The molecule has 4 heterocycles. The number of fused-ring (bicyclic) bond motifs is 2. The van der Waals surface area contributed by atoms with E-state index in [0.29, 0.717) is 5.56 Å². The predicted octanol–water partition coefficient (Wildman–Crippen LogP) is 1.66. The molecule has 3 N–H and O–H groups in total. The highest BCUT2D eigenvalue weighted by molar-refractivity contribution is 8.01. The van der Waals surface area contributed by atoms with Crippen LogP contribution in [-0.2, 0) is 59.4 Å². The third-order valence-corrected chi connectivity index (χ3v) is 15.6. The number of nitrogens with zero attached hydrogens (tertiary/aromatic N) is 5. The summed E-state index contributed by atoms with van der Waals surface area (Å²) >= 11 is 1.01. The van der Waals surface area contributed by atoms with Crippen molar-refractivity contribution < 1.29 is 65.8 Å². The van der Waals surface area contributed by atoms with Gasteiger partial charge in [-0.25, -0.2) is 32.4 Å². The molecule has 6 rings (SSSR count). The molecule has 3 unspecified atom stereocenters. The summed E-state index contributed by atoms with van der Waals surface area (Å²) in [4.78, 5) is 96.9. The molecule has 7 atom stereocenters. The van der Waals surface area contributed by atoms with Crippen LogP contribution in [0.3, 0.4) is 0 Å². The molecule has 58 heavy (non-hydrogen) atoms. The molecule has 4 aliphatic rings. The van der Waals surface area contributed by atoms with Gasteiger partial charge in [-0.05, 0) is 44.4 Å². The number of benzene rings is 2. The molecule has 4 aliphatic heterocycles. The average Bonchev–Trinajstić information content (AvgIpc) is 3.51.